The summed E-state index contributed by atoms with van der Waals surface area (Å²) in [6.07, 6.45) is 5.05. The van der Waals surface area contributed by atoms with Crippen molar-refractivity contribution in [3.8, 4) is 0 Å². The maximum Gasteiger partial charge on any atom is 0.226 e. The van der Waals surface area contributed by atoms with Gasteiger partial charge in [0.1, 0.15) is 5.65 Å². The van der Waals surface area contributed by atoms with Crippen LogP contribution < -0.4 is 5.32 Å². The molecular weight excluding hydrogens is 308 g/mol. The molecule has 0 bridgehead atoms. The normalized spacial score (nSPS) is 12.5. The van der Waals surface area contributed by atoms with E-state index in [9.17, 15) is 4.79 Å². The number of thiazole rings is 1. The second-order valence-corrected chi connectivity index (χ2v) is 6.58. The molecule has 0 saturated heterocycles. The first-order valence-electron chi connectivity index (χ1n) is 7.73. The summed E-state index contributed by atoms with van der Waals surface area (Å²) >= 11 is 1.64. The summed E-state index contributed by atoms with van der Waals surface area (Å²) < 4.78 is 1.95. The minimum atomic E-state index is -0.0854. The lowest BCUT2D eigenvalue weighted by molar-refractivity contribution is -0.121. The van der Waals surface area contributed by atoms with E-state index >= 15 is 0 Å². The summed E-state index contributed by atoms with van der Waals surface area (Å²) in [6.45, 7) is 6.05. The Bertz CT molecular complexity index is 836. The van der Waals surface area contributed by atoms with Crippen LogP contribution in [0.1, 0.15) is 41.8 Å². The minimum Gasteiger partial charge on any atom is -0.348 e. The highest BCUT2D eigenvalue weighted by atomic mass is 32.1. The van der Waals surface area contributed by atoms with Crippen LogP contribution in [-0.2, 0) is 17.6 Å². The van der Waals surface area contributed by atoms with Crippen molar-refractivity contribution < 1.29 is 4.79 Å². The van der Waals surface area contributed by atoms with Crippen molar-refractivity contribution in [2.24, 2.45) is 0 Å². The van der Waals surface area contributed by atoms with E-state index in [2.05, 4.69) is 22.2 Å². The summed E-state index contributed by atoms with van der Waals surface area (Å²) in [4.78, 5) is 21.3. The van der Waals surface area contributed by atoms with Crippen LogP contribution >= 0.6 is 11.3 Å². The van der Waals surface area contributed by atoms with Gasteiger partial charge in [-0.3, -0.25) is 4.79 Å². The molecule has 1 unspecified atom stereocenters. The van der Waals surface area contributed by atoms with Crippen LogP contribution in [0.25, 0.3) is 5.65 Å². The van der Waals surface area contributed by atoms with Crippen molar-refractivity contribution in [3.05, 3.63) is 51.9 Å². The Morgan fingerprint density at radius 2 is 2.26 bits per heavy atom. The summed E-state index contributed by atoms with van der Waals surface area (Å²) in [7, 11) is 0. The first-order chi connectivity index (χ1) is 11.1. The molecule has 23 heavy (non-hydrogen) atoms. The van der Waals surface area contributed by atoms with E-state index in [4.69, 9.17) is 0 Å². The smallest absolute Gasteiger partial charge is 0.226 e. The lowest BCUT2D eigenvalue weighted by Crippen LogP contribution is -2.28. The quantitative estimate of drug-likeness (QED) is 0.783. The molecule has 6 heteroatoms. The number of aromatic nitrogens is 3. The largest absolute Gasteiger partial charge is 0.348 e. The zero-order valence-electron chi connectivity index (χ0n) is 13.5. The van der Waals surface area contributed by atoms with E-state index in [0.29, 0.717) is 0 Å². The predicted octanol–water partition coefficient (Wildman–Crippen LogP) is 3.08. The van der Waals surface area contributed by atoms with Gasteiger partial charge in [0.05, 0.1) is 28.9 Å². The molecule has 120 valence electrons. The topological polar surface area (TPSA) is 59.3 Å². The van der Waals surface area contributed by atoms with E-state index in [-0.39, 0.29) is 18.4 Å². The number of nitrogens with one attached hydrogen (secondary N) is 1. The number of carbonyl (C=O) groups is 1. The van der Waals surface area contributed by atoms with Crippen LogP contribution in [0.15, 0.2) is 29.9 Å². The molecule has 5 nitrogen and oxygen atoms in total. The van der Waals surface area contributed by atoms with E-state index in [1.54, 1.807) is 11.3 Å². The first kappa shape index (κ1) is 15.7. The lowest BCUT2D eigenvalue weighted by atomic mass is 10.2. The highest BCUT2D eigenvalue weighted by Gasteiger charge is 2.14. The fraction of sp³-hybridized carbons (Fsp3) is 0.353. The Kier molecular flexibility index (Phi) is 4.43. The third-order valence-corrected chi connectivity index (χ3v) is 4.77. The zero-order valence-corrected chi connectivity index (χ0v) is 14.4. The average Bonchev–Trinajstić information content (AvgIpc) is 3.13. The summed E-state index contributed by atoms with van der Waals surface area (Å²) in [6, 6.07) is 3.91. The van der Waals surface area contributed by atoms with Crippen LogP contribution in [0.5, 0.6) is 0 Å². The lowest BCUT2D eigenvalue weighted by Gasteiger charge is -2.10. The summed E-state index contributed by atoms with van der Waals surface area (Å²) in [5.74, 6) is -0.0374. The van der Waals surface area contributed by atoms with Crippen molar-refractivity contribution in [2.45, 2.75) is 39.7 Å². The van der Waals surface area contributed by atoms with Gasteiger partial charge in [-0.2, -0.15) is 0 Å². The fourth-order valence-electron chi connectivity index (χ4n) is 2.51. The van der Waals surface area contributed by atoms with Gasteiger partial charge in [0.25, 0.3) is 0 Å². The molecule has 0 aliphatic rings. The van der Waals surface area contributed by atoms with Crippen LogP contribution in [0.4, 0.5) is 0 Å². The number of hydrogen-bond donors (Lipinski definition) is 1. The predicted molar refractivity (Wildman–Crippen MR) is 91.7 cm³/mol. The Morgan fingerprint density at radius 1 is 1.43 bits per heavy atom. The molecule has 3 aromatic rings. The standard InChI is InChI=1S/C17H20N4OS/c1-4-16-20-14(10-23-16)12(3)18-15(22)8-13-9-21-7-5-6-11(2)17(21)19-13/h5-7,9-10,12H,4,8H2,1-3H3,(H,18,22). The molecule has 0 fully saturated rings. The minimum absolute atomic E-state index is 0.0374. The summed E-state index contributed by atoms with van der Waals surface area (Å²) in [5.41, 5.74) is 3.69. The number of amides is 1. The Hall–Kier alpha value is -2.21. The molecule has 3 rings (SSSR count). The van der Waals surface area contributed by atoms with Gasteiger partial charge >= 0.3 is 0 Å². The fourth-order valence-corrected chi connectivity index (χ4v) is 3.35. The van der Waals surface area contributed by atoms with E-state index in [1.165, 1.54) is 0 Å². The highest BCUT2D eigenvalue weighted by Crippen LogP contribution is 2.17. The zero-order chi connectivity index (χ0) is 16.4. The molecule has 0 aliphatic carbocycles. The van der Waals surface area contributed by atoms with Gasteiger partial charge in [-0.05, 0) is 31.9 Å². The SMILES string of the molecule is CCc1nc(C(C)NC(=O)Cc2cn3cccc(C)c3n2)cs1. The molecule has 1 amide bonds. The number of imidazole rings is 1. The van der Waals surface area contributed by atoms with Gasteiger partial charge in [-0.25, -0.2) is 9.97 Å². The van der Waals surface area contributed by atoms with Crippen LogP contribution in [0, 0.1) is 6.92 Å². The molecule has 0 radical (unpaired) electrons. The second-order valence-electron chi connectivity index (χ2n) is 5.64. The molecule has 3 aromatic heterocycles. The molecular formula is C17H20N4OS. The third kappa shape index (κ3) is 3.42. The first-order valence-corrected chi connectivity index (χ1v) is 8.61. The van der Waals surface area contributed by atoms with Crippen LogP contribution in [0.3, 0.4) is 0 Å². The van der Waals surface area contributed by atoms with Gasteiger partial charge < -0.3 is 9.72 Å². The van der Waals surface area contributed by atoms with Gasteiger partial charge in [-0.1, -0.05) is 13.0 Å². The number of pyridine rings is 1. The van der Waals surface area contributed by atoms with Crippen molar-refractivity contribution in [2.75, 3.05) is 0 Å². The van der Waals surface area contributed by atoms with Crippen molar-refractivity contribution in [1.82, 2.24) is 19.7 Å². The Balaban J connectivity index is 1.67. The Labute approximate surface area is 139 Å². The van der Waals surface area contributed by atoms with Crippen molar-refractivity contribution >= 4 is 22.9 Å². The molecule has 0 aliphatic heterocycles. The number of hydrogen-bond acceptors (Lipinski definition) is 4. The molecule has 0 spiro atoms. The molecule has 1 atom stereocenters. The number of nitrogens with zero attached hydrogens (tertiary/aromatic N) is 3. The van der Waals surface area contributed by atoms with Crippen molar-refractivity contribution in [1.29, 1.82) is 0 Å². The van der Waals surface area contributed by atoms with Crippen LogP contribution in [-0.4, -0.2) is 20.3 Å². The summed E-state index contributed by atoms with van der Waals surface area (Å²) in [5, 5.41) is 6.10. The van der Waals surface area contributed by atoms with Crippen LogP contribution in [0.2, 0.25) is 0 Å². The van der Waals surface area contributed by atoms with Gasteiger partial charge in [0.2, 0.25) is 5.91 Å². The van der Waals surface area contributed by atoms with Gasteiger partial charge in [0, 0.05) is 17.8 Å². The van der Waals surface area contributed by atoms with Crippen molar-refractivity contribution in [3.63, 3.8) is 0 Å². The highest BCUT2D eigenvalue weighted by molar-refractivity contribution is 7.09. The maximum atomic E-state index is 12.2. The van der Waals surface area contributed by atoms with Gasteiger partial charge in [-0.15, -0.1) is 11.3 Å². The second kappa shape index (κ2) is 6.50. The molecule has 3 heterocycles. The number of carbonyl (C=O) groups excluding carboxylic acids is 1. The number of rotatable bonds is 5. The van der Waals surface area contributed by atoms with E-state index < -0.39 is 0 Å². The van der Waals surface area contributed by atoms with Gasteiger partial charge in [0.15, 0.2) is 0 Å². The average molecular weight is 328 g/mol. The monoisotopic (exact) mass is 328 g/mol. The Morgan fingerprint density at radius 3 is 2.96 bits per heavy atom. The maximum absolute atomic E-state index is 12.2. The molecule has 0 saturated carbocycles. The van der Waals surface area contributed by atoms with E-state index in [0.717, 1.165) is 34.0 Å². The number of fused-ring (bicyclic) bond motifs is 1. The molecule has 1 N–H and O–H groups in total. The number of aryl methyl sites for hydroxylation is 2. The third-order valence-electron chi connectivity index (χ3n) is 3.76. The molecule has 0 aromatic carbocycles. The van der Waals surface area contributed by atoms with E-state index in [1.807, 2.05) is 48.2 Å².